The van der Waals surface area contributed by atoms with Gasteiger partial charge in [0.05, 0.1) is 0 Å². The minimum Gasteiger partial charge on any atom is -0.317 e. The lowest BCUT2D eigenvalue weighted by Crippen LogP contribution is -2.43. The molecule has 2 aliphatic carbocycles. The first-order valence-electron chi connectivity index (χ1n) is 7.23. The maximum absolute atomic E-state index is 3.53. The van der Waals surface area contributed by atoms with Crippen LogP contribution in [0.15, 0.2) is 0 Å². The van der Waals surface area contributed by atoms with Crippen LogP contribution < -0.4 is 5.32 Å². The third kappa shape index (κ3) is 3.46. The third-order valence-corrected chi connectivity index (χ3v) is 4.43. The van der Waals surface area contributed by atoms with E-state index in [9.17, 15) is 0 Å². The molecule has 2 nitrogen and oxygen atoms in total. The van der Waals surface area contributed by atoms with Crippen molar-refractivity contribution >= 4 is 0 Å². The highest BCUT2D eigenvalue weighted by molar-refractivity contribution is 4.84. The van der Waals surface area contributed by atoms with Gasteiger partial charge in [-0.1, -0.05) is 19.8 Å². The second-order valence-electron chi connectivity index (χ2n) is 5.74. The summed E-state index contributed by atoms with van der Waals surface area (Å²) in [7, 11) is 2.14. The molecule has 0 aliphatic heterocycles. The molecule has 94 valence electrons. The first-order chi connectivity index (χ1) is 7.83. The van der Waals surface area contributed by atoms with Gasteiger partial charge in [0.15, 0.2) is 0 Å². The smallest absolute Gasteiger partial charge is 0.0104 e. The Labute approximate surface area is 101 Å². The van der Waals surface area contributed by atoms with E-state index in [1.54, 1.807) is 0 Å². The molecule has 0 aromatic rings. The van der Waals surface area contributed by atoms with E-state index in [0.29, 0.717) is 0 Å². The Morgan fingerprint density at radius 1 is 1.06 bits per heavy atom. The summed E-state index contributed by atoms with van der Waals surface area (Å²) in [5.41, 5.74) is 0. The van der Waals surface area contributed by atoms with Crippen LogP contribution in [0.3, 0.4) is 0 Å². The van der Waals surface area contributed by atoms with Crippen LogP contribution >= 0.6 is 0 Å². The zero-order chi connectivity index (χ0) is 11.4. The molecule has 0 bridgehead atoms. The van der Waals surface area contributed by atoms with E-state index in [1.165, 1.54) is 58.2 Å². The fourth-order valence-corrected chi connectivity index (χ4v) is 3.14. The summed E-state index contributed by atoms with van der Waals surface area (Å²) < 4.78 is 0. The van der Waals surface area contributed by atoms with Gasteiger partial charge in [-0.05, 0) is 51.1 Å². The molecule has 2 saturated carbocycles. The van der Waals surface area contributed by atoms with E-state index in [4.69, 9.17) is 0 Å². The zero-order valence-electron chi connectivity index (χ0n) is 11.0. The SMILES string of the molecule is CCN(CC1CC1)CC1CCCCC1NC. The van der Waals surface area contributed by atoms with Crippen LogP contribution in [0.2, 0.25) is 0 Å². The molecule has 2 aliphatic rings. The van der Waals surface area contributed by atoms with Gasteiger partial charge < -0.3 is 10.2 Å². The molecule has 0 heterocycles. The van der Waals surface area contributed by atoms with Crippen molar-refractivity contribution in [1.29, 1.82) is 0 Å². The van der Waals surface area contributed by atoms with E-state index < -0.39 is 0 Å². The maximum atomic E-state index is 3.53. The maximum Gasteiger partial charge on any atom is 0.0104 e. The average molecular weight is 224 g/mol. The van der Waals surface area contributed by atoms with Gasteiger partial charge in [-0.3, -0.25) is 0 Å². The summed E-state index contributed by atoms with van der Waals surface area (Å²) >= 11 is 0. The predicted molar refractivity (Wildman–Crippen MR) is 69.6 cm³/mol. The van der Waals surface area contributed by atoms with Gasteiger partial charge in [-0.15, -0.1) is 0 Å². The van der Waals surface area contributed by atoms with Crippen molar-refractivity contribution in [3.8, 4) is 0 Å². The zero-order valence-corrected chi connectivity index (χ0v) is 11.0. The molecule has 2 fully saturated rings. The molecule has 0 radical (unpaired) electrons. The number of rotatable bonds is 6. The van der Waals surface area contributed by atoms with Gasteiger partial charge in [-0.25, -0.2) is 0 Å². The Morgan fingerprint density at radius 3 is 2.44 bits per heavy atom. The van der Waals surface area contributed by atoms with Gasteiger partial charge in [-0.2, -0.15) is 0 Å². The molecule has 2 heteroatoms. The minimum atomic E-state index is 0.780. The molecule has 0 spiro atoms. The summed E-state index contributed by atoms with van der Waals surface area (Å²) in [6.07, 6.45) is 8.67. The van der Waals surface area contributed by atoms with Crippen LogP contribution in [0, 0.1) is 11.8 Å². The summed E-state index contributed by atoms with van der Waals surface area (Å²) in [6.45, 7) is 6.25. The Balaban J connectivity index is 1.79. The predicted octanol–water partition coefficient (Wildman–Crippen LogP) is 2.50. The lowest BCUT2D eigenvalue weighted by Gasteiger charge is -2.35. The van der Waals surface area contributed by atoms with Gasteiger partial charge in [0, 0.05) is 19.1 Å². The van der Waals surface area contributed by atoms with Crippen LogP contribution in [-0.4, -0.2) is 37.6 Å². The topological polar surface area (TPSA) is 15.3 Å². The molecule has 16 heavy (non-hydrogen) atoms. The molecular weight excluding hydrogens is 196 g/mol. The monoisotopic (exact) mass is 224 g/mol. The van der Waals surface area contributed by atoms with Gasteiger partial charge >= 0.3 is 0 Å². The molecule has 1 N–H and O–H groups in total. The number of nitrogens with zero attached hydrogens (tertiary/aromatic N) is 1. The van der Waals surface area contributed by atoms with Crippen molar-refractivity contribution in [3.63, 3.8) is 0 Å². The quantitative estimate of drug-likeness (QED) is 0.746. The Bertz CT molecular complexity index is 201. The van der Waals surface area contributed by atoms with Crippen LogP contribution in [-0.2, 0) is 0 Å². The van der Waals surface area contributed by atoms with Gasteiger partial charge in [0.25, 0.3) is 0 Å². The fourth-order valence-electron chi connectivity index (χ4n) is 3.14. The van der Waals surface area contributed by atoms with Gasteiger partial charge in [0.2, 0.25) is 0 Å². The molecule has 0 aromatic heterocycles. The number of nitrogens with one attached hydrogen (secondary N) is 1. The van der Waals surface area contributed by atoms with Crippen LogP contribution in [0.25, 0.3) is 0 Å². The lowest BCUT2D eigenvalue weighted by molar-refractivity contribution is 0.172. The molecule has 0 amide bonds. The Kier molecular flexibility index (Phi) is 4.66. The highest BCUT2D eigenvalue weighted by Crippen LogP contribution is 2.31. The second kappa shape index (κ2) is 6.02. The van der Waals surface area contributed by atoms with Crippen molar-refractivity contribution in [1.82, 2.24) is 10.2 Å². The summed E-state index contributed by atoms with van der Waals surface area (Å²) in [5, 5.41) is 3.53. The van der Waals surface area contributed by atoms with E-state index >= 15 is 0 Å². The molecule has 2 unspecified atom stereocenters. The Hall–Kier alpha value is -0.0800. The summed E-state index contributed by atoms with van der Waals surface area (Å²) in [6, 6.07) is 0.780. The van der Waals surface area contributed by atoms with E-state index in [0.717, 1.165) is 17.9 Å². The third-order valence-electron chi connectivity index (χ3n) is 4.43. The van der Waals surface area contributed by atoms with E-state index in [2.05, 4.69) is 24.2 Å². The van der Waals surface area contributed by atoms with Crippen molar-refractivity contribution in [2.45, 2.75) is 51.5 Å². The highest BCUT2D eigenvalue weighted by Gasteiger charge is 2.28. The summed E-state index contributed by atoms with van der Waals surface area (Å²) in [5.74, 6) is 1.94. The largest absolute Gasteiger partial charge is 0.317 e. The lowest BCUT2D eigenvalue weighted by atomic mass is 9.84. The van der Waals surface area contributed by atoms with Gasteiger partial charge in [0.1, 0.15) is 0 Å². The van der Waals surface area contributed by atoms with Crippen molar-refractivity contribution in [3.05, 3.63) is 0 Å². The molecule has 2 atom stereocenters. The van der Waals surface area contributed by atoms with Crippen LogP contribution in [0.5, 0.6) is 0 Å². The Morgan fingerprint density at radius 2 is 1.81 bits per heavy atom. The molecule has 0 aromatic carbocycles. The van der Waals surface area contributed by atoms with Crippen molar-refractivity contribution < 1.29 is 0 Å². The number of hydrogen-bond donors (Lipinski definition) is 1. The molecule has 0 saturated heterocycles. The van der Waals surface area contributed by atoms with E-state index in [1.807, 2.05) is 0 Å². The van der Waals surface area contributed by atoms with Crippen LogP contribution in [0.1, 0.15) is 45.4 Å². The van der Waals surface area contributed by atoms with Crippen molar-refractivity contribution in [2.75, 3.05) is 26.7 Å². The van der Waals surface area contributed by atoms with Crippen LogP contribution in [0.4, 0.5) is 0 Å². The first kappa shape index (κ1) is 12.4. The normalized spacial score (nSPS) is 30.9. The average Bonchev–Trinajstić information content (AvgIpc) is 3.13. The molecule has 2 rings (SSSR count). The first-order valence-corrected chi connectivity index (χ1v) is 7.23. The highest BCUT2D eigenvalue weighted by atomic mass is 15.1. The summed E-state index contributed by atoms with van der Waals surface area (Å²) in [4.78, 5) is 2.69. The van der Waals surface area contributed by atoms with Crippen molar-refractivity contribution in [2.24, 2.45) is 11.8 Å². The molecular formula is C14H28N2. The number of hydrogen-bond acceptors (Lipinski definition) is 2. The minimum absolute atomic E-state index is 0.780. The van der Waals surface area contributed by atoms with E-state index in [-0.39, 0.29) is 0 Å². The fraction of sp³-hybridized carbons (Fsp3) is 1.00. The standard InChI is InChI=1S/C14H28N2/c1-3-16(10-12-8-9-12)11-13-6-4-5-7-14(13)15-2/h12-15H,3-11H2,1-2H3. The second-order valence-corrected chi connectivity index (χ2v) is 5.74.